The SMILES string of the molecule is C[C@@H](NC(=O)CCOCC(F)F)C(=O)OC(C)(C)C. The third-order valence-corrected chi connectivity index (χ3v) is 1.86. The Morgan fingerprint density at radius 3 is 2.32 bits per heavy atom. The van der Waals surface area contributed by atoms with Gasteiger partial charge in [-0.2, -0.15) is 0 Å². The number of esters is 1. The quantitative estimate of drug-likeness (QED) is 0.567. The minimum Gasteiger partial charge on any atom is -0.458 e. The molecule has 19 heavy (non-hydrogen) atoms. The first-order chi connectivity index (χ1) is 8.61. The molecule has 0 aliphatic carbocycles. The van der Waals surface area contributed by atoms with Crippen LogP contribution in [-0.2, 0) is 19.1 Å². The lowest BCUT2D eigenvalue weighted by Crippen LogP contribution is -2.42. The van der Waals surface area contributed by atoms with Crippen LogP contribution < -0.4 is 5.32 Å². The first-order valence-corrected chi connectivity index (χ1v) is 6.00. The smallest absolute Gasteiger partial charge is 0.328 e. The maximum absolute atomic E-state index is 11.7. The average Bonchev–Trinajstić information content (AvgIpc) is 2.21. The van der Waals surface area contributed by atoms with Crippen molar-refractivity contribution in [3.05, 3.63) is 0 Å². The van der Waals surface area contributed by atoms with Crippen LogP contribution in [0.1, 0.15) is 34.1 Å². The van der Waals surface area contributed by atoms with Crippen molar-refractivity contribution in [2.24, 2.45) is 0 Å². The van der Waals surface area contributed by atoms with Crippen LogP contribution in [0.3, 0.4) is 0 Å². The first-order valence-electron chi connectivity index (χ1n) is 6.00. The molecule has 0 bridgehead atoms. The molecule has 112 valence electrons. The second-order valence-electron chi connectivity index (χ2n) is 5.04. The Morgan fingerprint density at radius 2 is 1.84 bits per heavy atom. The summed E-state index contributed by atoms with van der Waals surface area (Å²) in [4.78, 5) is 22.9. The summed E-state index contributed by atoms with van der Waals surface area (Å²) in [6.07, 6.45) is -2.64. The molecule has 5 nitrogen and oxygen atoms in total. The summed E-state index contributed by atoms with van der Waals surface area (Å²) in [5.41, 5.74) is -0.629. The van der Waals surface area contributed by atoms with Crippen molar-refractivity contribution < 1.29 is 27.8 Å². The van der Waals surface area contributed by atoms with Gasteiger partial charge in [-0.15, -0.1) is 0 Å². The number of hydrogen-bond acceptors (Lipinski definition) is 4. The molecule has 0 radical (unpaired) electrons. The highest BCUT2D eigenvalue weighted by Gasteiger charge is 2.22. The van der Waals surface area contributed by atoms with Crippen molar-refractivity contribution in [1.82, 2.24) is 5.32 Å². The van der Waals surface area contributed by atoms with E-state index in [0.717, 1.165) is 0 Å². The van der Waals surface area contributed by atoms with Gasteiger partial charge in [-0.25, -0.2) is 13.6 Å². The lowest BCUT2D eigenvalue weighted by molar-refractivity contribution is -0.158. The van der Waals surface area contributed by atoms with Crippen LogP contribution in [0.25, 0.3) is 0 Å². The molecule has 1 amide bonds. The van der Waals surface area contributed by atoms with Gasteiger partial charge in [-0.3, -0.25) is 4.79 Å². The highest BCUT2D eigenvalue weighted by atomic mass is 19.3. The van der Waals surface area contributed by atoms with Gasteiger partial charge in [-0.05, 0) is 27.7 Å². The molecule has 0 aromatic heterocycles. The Labute approximate surface area is 111 Å². The molecule has 0 saturated carbocycles. The molecule has 1 atom stereocenters. The van der Waals surface area contributed by atoms with E-state index in [1.807, 2.05) is 0 Å². The van der Waals surface area contributed by atoms with E-state index in [4.69, 9.17) is 4.74 Å². The van der Waals surface area contributed by atoms with Gasteiger partial charge in [0.2, 0.25) is 5.91 Å². The number of amides is 1. The largest absolute Gasteiger partial charge is 0.458 e. The lowest BCUT2D eigenvalue weighted by atomic mass is 10.2. The zero-order valence-corrected chi connectivity index (χ0v) is 11.7. The van der Waals surface area contributed by atoms with E-state index in [1.54, 1.807) is 20.8 Å². The lowest BCUT2D eigenvalue weighted by Gasteiger charge is -2.22. The number of hydrogen-bond donors (Lipinski definition) is 1. The molecule has 0 spiro atoms. The van der Waals surface area contributed by atoms with Crippen LogP contribution in [0.15, 0.2) is 0 Å². The highest BCUT2D eigenvalue weighted by molar-refractivity contribution is 5.84. The molecule has 0 unspecified atom stereocenters. The first kappa shape index (κ1) is 17.8. The van der Waals surface area contributed by atoms with Crippen LogP contribution in [-0.4, -0.2) is 43.2 Å². The maximum Gasteiger partial charge on any atom is 0.328 e. The molecule has 0 fully saturated rings. The second kappa shape index (κ2) is 8.04. The third-order valence-electron chi connectivity index (χ3n) is 1.86. The van der Waals surface area contributed by atoms with Crippen LogP contribution in [0, 0.1) is 0 Å². The van der Waals surface area contributed by atoms with Crippen molar-refractivity contribution >= 4 is 11.9 Å². The summed E-state index contributed by atoms with van der Waals surface area (Å²) in [5, 5.41) is 2.41. The summed E-state index contributed by atoms with van der Waals surface area (Å²) < 4.78 is 33.1. The minimum atomic E-state index is -2.55. The molecule has 7 heteroatoms. The van der Waals surface area contributed by atoms with Crippen molar-refractivity contribution in [2.75, 3.05) is 13.2 Å². The standard InChI is InChI=1S/C12H21F2NO4/c1-8(11(17)19-12(2,3)4)15-10(16)5-6-18-7-9(13)14/h8-9H,5-7H2,1-4H3,(H,15,16)/t8-/m1/s1. The minimum absolute atomic E-state index is 0.0835. The van der Waals surface area contributed by atoms with Crippen molar-refractivity contribution in [3.63, 3.8) is 0 Å². The van der Waals surface area contributed by atoms with Crippen molar-refractivity contribution in [3.8, 4) is 0 Å². The fourth-order valence-electron chi connectivity index (χ4n) is 1.10. The van der Waals surface area contributed by atoms with Crippen LogP contribution in [0.2, 0.25) is 0 Å². The summed E-state index contributed by atoms with van der Waals surface area (Å²) in [6.45, 7) is 5.84. The van der Waals surface area contributed by atoms with E-state index in [9.17, 15) is 18.4 Å². The highest BCUT2D eigenvalue weighted by Crippen LogP contribution is 2.08. The Morgan fingerprint density at radius 1 is 1.26 bits per heavy atom. The number of carbonyl (C=O) groups excluding carboxylic acids is 2. The average molecular weight is 281 g/mol. The molecule has 0 aliphatic rings. The van der Waals surface area contributed by atoms with Gasteiger partial charge in [0.1, 0.15) is 18.2 Å². The third kappa shape index (κ3) is 10.4. The van der Waals surface area contributed by atoms with E-state index >= 15 is 0 Å². The van der Waals surface area contributed by atoms with E-state index in [0.29, 0.717) is 0 Å². The van der Waals surface area contributed by atoms with Crippen molar-refractivity contribution in [2.45, 2.75) is 52.2 Å². The van der Waals surface area contributed by atoms with E-state index in [-0.39, 0.29) is 13.0 Å². The molecular formula is C12H21F2NO4. The molecule has 0 aromatic carbocycles. The molecule has 0 rings (SSSR count). The normalized spacial score (nSPS) is 13.2. The zero-order chi connectivity index (χ0) is 15.1. The monoisotopic (exact) mass is 281 g/mol. The number of rotatable bonds is 7. The topological polar surface area (TPSA) is 64.6 Å². The fourth-order valence-corrected chi connectivity index (χ4v) is 1.10. The van der Waals surface area contributed by atoms with E-state index in [2.05, 4.69) is 10.1 Å². The Kier molecular flexibility index (Phi) is 7.51. The van der Waals surface area contributed by atoms with E-state index in [1.165, 1.54) is 6.92 Å². The predicted octanol–water partition coefficient (Wildman–Crippen LogP) is 1.50. The molecule has 1 N–H and O–H groups in total. The van der Waals surface area contributed by atoms with Gasteiger partial charge in [0.05, 0.1) is 6.61 Å². The summed E-state index contributed by atoms with van der Waals surface area (Å²) in [7, 11) is 0. The molecular weight excluding hydrogens is 260 g/mol. The molecule has 0 saturated heterocycles. The number of ether oxygens (including phenoxy) is 2. The second-order valence-corrected chi connectivity index (χ2v) is 5.04. The Hall–Kier alpha value is -1.24. The van der Waals surface area contributed by atoms with Gasteiger partial charge in [0.15, 0.2) is 0 Å². The van der Waals surface area contributed by atoms with Crippen LogP contribution >= 0.6 is 0 Å². The number of carbonyl (C=O) groups is 2. The van der Waals surface area contributed by atoms with E-state index < -0.39 is 36.6 Å². The zero-order valence-electron chi connectivity index (χ0n) is 11.7. The summed E-state index contributed by atoms with van der Waals surface area (Å²) in [6, 6.07) is -0.790. The van der Waals surface area contributed by atoms with Crippen LogP contribution in [0.5, 0.6) is 0 Å². The Bertz CT molecular complexity index is 303. The van der Waals surface area contributed by atoms with Crippen molar-refractivity contribution in [1.29, 1.82) is 0 Å². The maximum atomic E-state index is 11.7. The predicted molar refractivity (Wildman–Crippen MR) is 64.9 cm³/mol. The number of halogens is 2. The van der Waals surface area contributed by atoms with Gasteiger partial charge in [0, 0.05) is 6.42 Å². The van der Waals surface area contributed by atoms with Gasteiger partial charge >= 0.3 is 5.97 Å². The van der Waals surface area contributed by atoms with Gasteiger partial charge in [-0.1, -0.05) is 0 Å². The Balaban J connectivity index is 3.89. The number of nitrogens with one attached hydrogen (secondary N) is 1. The van der Waals surface area contributed by atoms with Gasteiger partial charge < -0.3 is 14.8 Å². The molecule has 0 heterocycles. The molecule has 0 aromatic rings. The molecule has 0 aliphatic heterocycles. The number of alkyl halides is 2. The van der Waals surface area contributed by atoms with Gasteiger partial charge in [0.25, 0.3) is 6.43 Å². The summed E-state index contributed by atoms with van der Waals surface area (Å²) >= 11 is 0. The fraction of sp³-hybridized carbons (Fsp3) is 0.833. The summed E-state index contributed by atoms with van der Waals surface area (Å²) in [5.74, 6) is -0.998. The van der Waals surface area contributed by atoms with Crippen LogP contribution in [0.4, 0.5) is 8.78 Å².